The lowest BCUT2D eigenvalue weighted by molar-refractivity contribution is 0.160. The molecule has 0 heterocycles. The van der Waals surface area contributed by atoms with Gasteiger partial charge in [-0.3, -0.25) is 0 Å². The van der Waals surface area contributed by atoms with Gasteiger partial charge in [0.1, 0.15) is 0 Å². The van der Waals surface area contributed by atoms with E-state index in [1.807, 2.05) is 13.8 Å². The van der Waals surface area contributed by atoms with Gasteiger partial charge in [-0.25, -0.2) is 0 Å². The third kappa shape index (κ3) is 2.84. The van der Waals surface area contributed by atoms with Gasteiger partial charge in [0.2, 0.25) is 0 Å². The molecule has 0 radical (unpaired) electrons. The van der Waals surface area contributed by atoms with E-state index < -0.39 is 0 Å². The molecule has 0 aliphatic heterocycles. The molecule has 3 rings (SSSR count). The number of hydrogen-bond donors (Lipinski definition) is 0. The zero-order chi connectivity index (χ0) is 12.6. The van der Waals surface area contributed by atoms with Crippen LogP contribution in [0.1, 0.15) is 53.4 Å². The minimum atomic E-state index is 0.645. The predicted molar refractivity (Wildman–Crippen MR) is 75.8 cm³/mol. The van der Waals surface area contributed by atoms with Crippen molar-refractivity contribution in [2.45, 2.75) is 53.4 Å². The van der Waals surface area contributed by atoms with Crippen LogP contribution in [-0.4, -0.2) is 0 Å². The molecule has 4 atom stereocenters. The maximum absolute atomic E-state index is 3.56. The van der Waals surface area contributed by atoms with Crippen LogP contribution in [-0.2, 0) is 0 Å². The Morgan fingerprint density at radius 2 is 1.76 bits per heavy atom. The molecule has 0 aromatic carbocycles. The van der Waals surface area contributed by atoms with Gasteiger partial charge >= 0.3 is 0 Å². The van der Waals surface area contributed by atoms with E-state index in [0.29, 0.717) is 5.41 Å². The van der Waals surface area contributed by atoms with E-state index in [0.717, 1.165) is 23.7 Å². The smallest absolute Gasteiger partial charge is 0.0171 e. The standard InChI is InChI=1S/C13H20.C4H8/c1-13(2)7-9-6-10(8-13)12-5-3-4-11(9)12;1-4(2)3/h3-4,9-12H,5-8H2,1-2H3;1H2,2-3H3. The summed E-state index contributed by atoms with van der Waals surface area (Å²) in [6.07, 6.45) is 10.9. The molecule has 2 saturated carbocycles. The highest BCUT2D eigenvalue weighted by Crippen LogP contribution is 2.58. The summed E-state index contributed by atoms with van der Waals surface area (Å²) in [4.78, 5) is 0. The van der Waals surface area contributed by atoms with Crippen LogP contribution in [0.2, 0.25) is 0 Å². The first-order valence-electron chi connectivity index (χ1n) is 7.18. The Bertz CT molecular complexity index is 317. The van der Waals surface area contributed by atoms with Gasteiger partial charge in [-0.1, -0.05) is 31.6 Å². The summed E-state index contributed by atoms with van der Waals surface area (Å²) < 4.78 is 0. The van der Waals surface area contributed by atoms with E-state index in [4.69, 9.17) is 0 Å². The molecule has 0 aromatic rings. The van der Waals surface area contributed by atoms with Gasteiger partial charge in [0.25, 0.3) is 0 Å². The molecule has 0 heteroatoms. The summed E-state index contributed by atoms with van der Waals surface area (Å²) in [5, 5.41) is 0. The second-order valence-electron chi connectivity index (χ2n) is 7.44. The molecule has 96 valence electrons. The van der Waals surface area contributed by atoms with Crippen LogP contribution < -0.4 is 0 Å². The predicted octanol–water partition coefficient (Wildman–Crippen LogP) is 5.22. The lowest BCUT2D eigenvalue weighted by Crippen LogP contribution is -2.24. The lowest BCUT2D eigenvalue weighted by Gasteiger charge is -2.35. The summed E-state index contributed by atoms with van der Waals surface area (Å²) in [6.45, 7) is 12.4. The van der Waals surface area contributed by atoms with Crippen LogP contribution in [0.5, 0.6) is 0 Å². The van der Waals surface area contributed by atoms with Crippen molar-refractivity contribution in [3.63, 3.8) is 0 Å². The molecular formula is C17H28. The first-order valence-corrected chi connectivity index (χ1v) is 7.18. The highest BCUT2D eigenvalue weighted by atomic mass is 14.5. The summed E-state index contributed by atoms with van der Waals surface area (Å²) in [5.41, 5.74) is 1.81. The minimum Gasteiger partial charge on any atom is -0.100 e. The molecule has 3 aliphatic carbocycles. The summed E-state index contributed by atoms with van der Waals surface area (Å²) in [6, 6.07) is 0. The zero-order valence-electron chi connectivity index (χ0n) is 12.0. The van der Waals surface area contributed by atoms with Gasteiger partial charge in [0, 0.05) is 0 Å². The van der Waals surface area contributed by atoms with Crippen molar-refractivity contribution in [2.24, 2.45) is 29.1 Å². The molecule has 0 N–H and O–H groups in total. The Balaban J connectivity index is 0.000000239. The first-order chi connectivity index (χ1) is 7.89. The fourth-order valence-corrected chi connectivity index (χ4v) is 4.38. The molecule has 0 aromatic heterocycles. The SMILES string of the molecule is C=C(C)C.CC1(C)CC2CC(C1)C1CC=CC21. The summed E-state index contributed by atoms with van der Waals surface area (Å²) in [7, 11) is 0. The van der Waals surface area contributed by atoms with E-state index in [9.17, 15) is 0 Å². The molecule has 2 bridgehead atoms. The maximum atomic E-state index is 3.56. The Morgan fingerprint density at radius 1 is 1.18 bits per heavy atom. The van der Waals surface area contributed by atoms with Crippen molar-refractivity contribution in [1.29, 1.82) is 0 Å². The van der Waals surface area contributed by atoms with Crippen LogP contribution in [0.4, 0.5) is 0 Å². The number of allylic oxidation sites excluding steroid dienone is 3. The molecule has 3 aliphatic rings. The van der Waals surface area contributed by atoms with Gasteiger partial charge < -0.3 is 0 Å². The van der Waals surface area contributed by atoms with Crippen LogP contribution in [0.15, 0.2) is 24.3 Å². The second-order valence-corrected chi connectivity index (χ2v) is 7.44. The summed E-state index contributed by atoms with van der Waals surface area (Å²) in [5.74, 6) is 4.13. The monoisotopic (exact) mass is 232 g/mol. The fraction of sp³-hybridized carbons (Fsp3) is 0.765. The van der Waals surface area contributed by atoms with Crippen molar-refractivity contribution in [2.75, 3.05) is 0 Å². The van der Waals surface area contributed by atoms with Gasteiger partial charge in [0.05, 0.1) is 0 Å². The van der Waals surface area contributed by atoms with Gasteiger partial charge in [-0.15, -0.1) is 6.58 Å². The maximum Gasteiger partial charge on any atom is -0.0171 e. The minimum absolute atomic E-state index is 0.645. The average molecular weight is 232 g/mol. The molecule has 0 nitrogen and oxygen atoms in total. The highest BCUT2D eigenvalue weighted by molar-refractivity contribution is 5.12. The van der Waals surface area contributed by atoms with Crippen LogP contribution in [0.25, 0.3) is 0 Å². The third-order valence-corrected chi connectivity index (χ3v) is 4.65. The Kier molecular flexibility index (Phi) is 3.52. The Labute approximate surface area is 107 Å². The van der Waals surface area contributed by atoms with E-state index in [-0.39, 0.29) is 0 Å². The quantitative estimate of drug-likeness (QED) is 0.502. The average Bonchev–Trinajstić information content (AvgIpc) is 2.68. The van der Waals surface area contributed by atoms with E-state index in [1.54, 1.807) is 6.42 Å². The van der Waals surface area contributed by atoms with Crippen LogP contribution in [0, 0.1) is 29.1 Å². The molecule has 17 heavy (non-hydrogen) atoms. The van der Waals surface area contributed by atoms with Crippen LogP contribution >= 0.6 is 0 Å². The molecule has 0 amide bonds. The molecule has 4 unspecified atom stereocenters. The lowest BCUT2D eigenvalue weighted by atomic mass is 9.70. The van der Waals surface area contributed by atoms with Crippen LogP contribution in [0.3, 0.4) is 0 Å². The number of hydrogen-bond acceptors (Lipinski definition) is 0. The molecular weight excluding hydrogens is 204 g/mol. The van der Waals surface area contributed by atoms with Crippen molar-refractivity contribution in [1.82, 2.24) is 0 Å². The number of fused-ring (bicyclic) bond motifs is 5. The van der Waals surface area contributed by atoms with Crippen molar-refractivity contribution >= 4 is 0 Å². The van der Waals surface area contributed by atoms with Crippen molar-refractivity contribution in [3.8, 4) is 0 Å². The second kappa shape index (κ2) is 4.63. The zero-order valence-corrected chi connectivity index (χ0v) is 12.0. The third-order valence-electron chi connectivity index (χ3n) is 4.65. The van der Waals surface area contributed by atoms with Gasteiger partial charge in [-0.2, -0.15) is 0 Å². The van der Waals surface area contributed by atoms with Crippen molar-refractivity contribution in [3.05, 3.63) is 24.3 Å². The largest absolute Gasteiger partial charge is 0.100 e. The van der Waals surface area contributed by atoms with E-state index in [2.05, 4.69) is 32.6 Å². The topological polar surface area (TPSA) is 0 Å². The van der Waals surface area contributed by atoms with E-state index >= 15 is 0 Å². The van der Waals surface area contributed by atoms with E-state index in [1.165, 1.54) is 24.8 Å². The van der Waals surface area contributed by atoms with Gasteiger partial charge in [-0.05, 0) is 68.6 Å². The molecule has 2 fully saturated rings. The van der Waals surface area contributed by atoms with Gasteiger partial charge in [0.15, 0.2) is 0 Å². The highest BCUT2D eigenvalue weighted by Gasteiger charge is 2.49. The Hall–Kier alpha value is -0.520. The fourth-order valence-electron chi connectivity index (χ4n) is 4.38. The normalized spacial score (nSPS) is 40.5. The first kappa shape index (κ1) is 12.9. The van der Waals surface area contributed by atoms with Crippen molar-refractivity contribution < 1.29 is 0 Å². The Morgan fingerprint density at radius 3 is 2.41 bits per heavy atom. The molecule has 0 saturated heterocycles. The molecule has 0 spiro atoms. The summed E-state index contributed by atoms with van der Waals surface area (Å²) >= 11 is 0. The number of rotatable bonds is 0.